The molecule has 4 rings (SSSR count). The fraction of sp³-hybridized carbons (Fsp3) is 0.500. The number of fused-ring (bicyclic) bond motifs is 3. The molecule has 202 valence electrons. The average Bonchev–Trinajstić information content (AvgIpc) is 3.15. The van der Waals surface area contributed by atoms with E-state index in [0.29, 0.717) is 40.5 Å². The molecule has 2 aromatic rings. The molecule has 11 heteroatoms. The van der Waals surface area contributed by atoms with Gasteiger partial charge in [-0.3, -0.25) is 10.1 Å². The number of benzene rings is 1. The van der Waals surface area contributed by atoms with Crippen molar-refractivity contribution in [2.45, 2.75) is 54.4 Å². The van der Waals surface area contributed by atoms with Crippen molar-refractivity contribution < 1.29 is 39.4 Å². The van der Waals surface area contributed by atoms with Gasteiger partial charge in [0.05, 0.1) is 32.8 Å². The van der Waals surface area contributed by atoms with Crippen molar-refractivity contribution in [3.8, 4) is 28.4 Å². The topological polar surface area (TPSA) is 147 Å². The molecule has 1 heterocycles. The molecule has 0 spiro atoms. The van der Waals surface area contributed by atoms with Crippen LogP contribution in [0.15, 0.2) is 34.0 Å². The molecule has 0 aromatic heterocycles. The minimum Gasteiger partial charge on any atom is -0.493 e. The number of hydrogen-bond acceptors (Lipinski definition) is 11. The highest BCUT2D eigenvalue weighted by Crippen LogP contribution is 2.50. The van der Waals surface area contributed by atoms with E-state index in [4.69, 9.17) is 18.9 Å². The fourth-order valence-electron chi connectivity index (χ4n) is 5.08. The number of thioether (sulfide) groups is 1. The lowest BCUT2D eigenvalue weighted by molar-refractivity contribution is -0.238. The summed E-state index contributed by atoms with van der Waals surface area (Å²) < 4.78 is 22.7. The lowest BCUT2D eigenvalue weighted by Crippen LogP contribution is -2.62. The van der Waals surface area contributed by atoms with Gasteiger partial charge in [-0.1, -0.05) is 6.07 Å². The Kier molecular flexibility index (Phi) is 8.64. The van der Waals surface area contributed by atoms with Gasteiger partial charge >= 0.3 is 0 Å². The number of aryl methyl sites for hydroxylation is 1. The molecule has 0 bridgehead atoms. The molecule has 37 heavy (non-hydrogen) atoms. The monoisotopic (exact) mass is 535 g/mol. The maximum atomic E-state index is 13.1. The number of hydrogen-bond donors (Lipinski definition) is 5. The average molecular weight is 536 g/mol. The van der Waals surface area contributed by atoms with E-state index in [1.54, 1.807) is 26.4 Å². The molecule has 1 aliphatic heterocycles. The third kappa shape index (κ3) is 5.05. The highest BCUT2D eigenvalue weighted by Gasteiger charge is 2.44. The van der Waals surface area contributed by atoms with Crippen molar-refractivity contribution in [3.63, 3.8) is 0 Å². The minimum atomic E-state index is -1.52. The minimum absolute atomic E-state index is 0.169. The zero-order valence-corrected chi connectivity index (χ0v) is 21.9. The molecule has 0 unspecified atom stereocenters. The van der Waals surface area contributed by atoms with Crippen LogP contribution in [0.2, 0.25) is 0 Å². The summed E-state index contributed by atoms with van der Waals surface area (Å²) in [7, 11) is 4.62. The summed E-state index contributed by atoms with van der Waals surface area (Å²) in [6.07, 6.45) is -3.76. The second kappa shape index (κ2) is 11.6. The predicted octanol–water partition coefficient (Wildman–Crippen LogP) is 0.838. The number of methoxy groups -OCH3 is 3. The molecule has 0 radical (unpaired) electrons. The van der Waals surface area contributed by atoms with E-state index in [2.05, 4.69) is 5.32 Å². The third-order valence-corrected chi connectivity index (χ3v) is 7.76. The quantitative estimate of drug-likeness (QED) is 0.321. The van der Waals surface area contributed by atoms with Gasteiger partial charge in [0.25, 0.3) is 0 Å². The summed E-state index contributed by atoms with van der Waals surface area (Å²) in [5.41, 5.74) is 2.88. The maximum absolute atomic E-state index is 13.1. The molecular weight excluding hydrogens is 502 g/mol. The lowest BCUT2D eigenvalue weighted by atomic mass is 9.94. The molecule has 5 N–H and O–H groups in total. The van der Waals surface area contributed by atoms with E-state index in [0.717, 1.165) is 16.7 Å². The first-order valence-electron chi connectivity index (χ1n) is 11.9. The van der Waals surface area contributed by atoms with E-state index in [9.17, 15) is 25.2 Å². The molecule has 0 amide bonds. The van der Waals surface area contributed by atoms with E-state index in [1.165, 1.54) is 18.9 Å². The second-order valence-electron chi connectivity index (χ2n) is 8.97. The van der Waals surface area contributed by atoms with Crippen molar-refractivity contribution >= 4 is 11.8 Å². The molecule has 0 saturated carbocycles. The van der Waals surface area contributed by atoms with Gasteiger partial charge in [0.2, 0.25) is 5.75 Å². The Hall–Kier alpha value is -2.38. The lowest BCUT2D eigenvalue weighted by Gasteiger charge is -2.41. The van der Waals surface area contributed by atoms with Gasteiger partial charge < -0.3 is 39.4 Å². The molecule has 6 atom stereocenters. The SMILES string of the molecule is COc1cc2c(c(OC)c1OC)-c1ccc(SC)c(=O)cc1[C@H](N[C@@H]1O[C@@H](CO)[C@@H](O)[C@@H](O)[C@H]1O)CC2. The Balaban J connectivity index is 1.89. The Labute approximate surface area is 219 Å². The first-order chi connectivity index (χ1) is 17.8. The number of aliphatic hydroxyl groups excluding tert-OH is 4. The van der Waals surface area contributed by atoms with Gasteiger partial charge in [-0.15, -0.1) is 11.8 Å². The first-order valence-corrected chi connectivity index (χ1v) is 13.1. The molecular formula is C26H33NO9S. The normalized spacial score (nSPS) is 27.0. The van der Waals surface area contributed by atoms with E-state index in [-0.39, 0.29) is 5.43 Å². The van der Waals surface area contributed by atoms with E-state index < -0.39 is 43.3 Å². The van der Waals surface area contributed by atoms with Crippen LogP contribution in [0.5, 0.6) is 17.2 Å². The van der Waals surface area contributed by atoms with Crippen LogP contribution in [0.4, 0.5) is 0 Å². The molecule has 2 aromatic carbocycles. The van der Waals surface area contributed by atoms with Crippen LogP contribution in [0.3, 0.4) is 0 Å². The van der Waals surface area contributed by atoms with Crippen molar-refractivity contribution in [1.29, 1.82) is 0 Å². The molecule has 1 saturated heterocycles. The molecule has 2 aliphatic rings. The van der Waals surface area contributed by atoms with Crippen LogP contribution in [-0.4, -0.2) is 85.3 Å². The van der Waals surface area contributed by atoms with Crippen LogP contribution >= 0.6 is 11.8 Å². The highest BCUT2D eigenvalue weighted by molar-refractivity contribution is 7.98. The van der Waals surface area contributed by atoms with Crippen molar-refractivity contribution in [2.75, 3.05) is 34.2 Å². The fourth-order valence-corrected chi connectivity index (χ4v) is 5.54. The summed E-state index contributed by atoms with van der Waals surface area (Å²) in [4.78, 5) is 13.7. The number of aliphatic hydroxyl groups is 4. The smallest absolute Gasteiger partial charge is 0.203 e. The third-order valence-electron chi connectivity index (χ3n) is 6.98. The van der Waals surface area contributed by atoms with Gasteiger partial charge in [-0.05, 0) is 54.0 Å². The summed E-state index contributed by atoms with van der Waals surface area (Å²) in [6.45, 7) is -0.538. The van der Waals surface area contributed by atoms with Crippen LogP contribution < -0.4 is 25.0 Å². The Morgan fingerprint density at radius 3 is 2.38 bits per heavy atom. The molecule has 1 fully saturated rings. The predicted molar refractivity (Wildman–Crippen MR) is 138 cm³/mol. The summed E-state index contributed by atoms with van der Waals surface area (Å²) in [5.74, 6) is 1.40. The van der Waals surface area contributed by atoms with Crippen LogP contribution in [0.25, 0.3) is 11.1 Å². The zero-order valence-electron chi connectivity index (χ0n) is 21.1. The van der Waals surface area contributed by atoms with Crippen LogP contribution in [0.1, 0.15) is 23.6 Å². The summed E-state index contributed by atoms with van der Waals surface area (Å²) in [6, 6.07) is 6.58. The Bertz CT molecular complexity index is 1190. The van der Waals surface area contributed by atoms with Crippen molar-refractivity contribution in [2.24, 2.45) is 0 Å². The van der Waals surface area contributed by atoms with Crippen LogP contribution in [-0.2, 0) is 11.2 Å². The van der Waals surface area contributed by atoms with Crippen molar-refractivity contribution in [1.82, 2.24) is 5.32 Å². The number of rotatable bonds is 7. The standard InChI is InChI=1S/C26H33NO9S/c1-33-17-9-12-5-7-15(27-26-23(32)22(31)21(30)18(11-28)36-26)14-10-16(29)19(37-4)8-6-13(14)20(12)25(35-3)24(17)34-2/h6,8-10,15,18,21-23,26-28,30-32H,5,7,11H2,1-4H3/t15-,18+,21-,22-,23-,26-/m1/s1. The van der Waals surface area contributed by atoms with Gasteiger partial charge in [-0.2, -0.15) is 0 Å². The zero-order chi connectivity index (χ0) is 26.9. The molecule has 10 nitrogen and oxygen atoms in total. The number of ether oxygens (including phenoxy) is 4. The summed E-state index contributed by atoms with van der Waals surface area (Å²) >= 11 is 1.34. The maximum Gasteiger partial charge on any atom is 0.203 e. The number of nitrogens with one attached hydrogen (secondary N) is 1. The first kappa shape index (κ1) is 27.6. The largest absolute Gasteiger partial charge is 0.493 e. The van der Waals surface area contributed by atoms with Gasteiger partial charge in [-0.25, -0.2) is 0 Å². The second-order valence-corrected chi connectivity index (χ2v) is 9.81. The van der Waals surface area contributed by atoms with Crippen molar-refractivity contribution in [3.05, 3.63) is 45.6 Å². The van der Waals surface area contributed by atoms with E-state index >= 15 is 0 Å². The molecule has 1 aliphatic carbocycles. The van der Waals surface area contributed by atoms with Gasteiger partial charge in [0, 0.05) is 11.6 Å². The summed E-state index contributed by atoms with van der Waals surface area (Å²) in [5, 5.41) is 44.0. The van der Waals surface area contributed by atoms with E-state index in [1.807, 2.05) is 18.4 Å². The van der Waals surface area contributed by atoms with Gasteiger partial charge in [0.15, 0.2) is 16.9 Å². The highest BCUT2D eigenvalue weighted by atomic mass is 32.2. The Morgan fingerprint density at radius 2 is 1.76 bits per heavy atom. The van der Waals surface area contributed by atoms with Gasteiger partial charge in [0.1, 0.15) is 30.6 Å². The Morgan fingerprint density at radius 1 is 1.03 bits per heavy atom. The van der Waals surface area contributed by atoms with Crippen LogP contribution in [0, 0.1) is 0 Å².